The number of hydrogen-bond donors (Lipinski definition) is 3. The fraction of sp³-hybridized carbons (Fsp3) is 0.125. The molecule has 0 unspecified atom stereocenters. The number of aromatic nitrogens is 2. The van der Waals surface area contributed by atoms with Gasteiger partial charge >= 0.3 is 5.97 Å². The fourth-order valence-corrected chi connectivity index (χ4v) is 2.23. The Morgan fingerprint density at radius 1 is 1.40 bits per heavy atom. The summed E-state index contributed by atoms with van der Waals surface area (Å²) in [7, 11) is 1.43. The zero-order valence-corrected chi connectivity index (χ0v) is 13.8. The lowest BCUT2D eigenvalue weighted by Gasteiger charge is -2.11. The van der Waals surface area contributed by atoms with Gasteiger partial charge in [-0.15, -0.1) is 0 Å². The number of H-pyrrole nitrogens is 2. The molecule has 3 N–H and O–H groups in total. The number of hydrogen-bond acceptors (Lipinski definition) is 6. The summed E-state index contributed by atoms with van der Waals surface area (Å²) in [5, 5.41) is 17.9. The molecule has 0 spiro atoms. The highest BCUT2D eigenvalue weighted by Crippen LogP contribution is 2.32. The van der Waals surface area contributed by atoms with Crippen LogP contribution in [0.5, 0.6) is 11.5 Å². The molecule has 2 aromatic rings. The number of nitrogens with one attached hydrogen (secondary N) is 2. The topological polar surface area (TPSA) is 128 Å². The lowest BCUT2D eigenvalue weighted by molar-refractivity contribution is -0.139. The van der Waals surface area contributed by atoms with Gasteiger partial charge in [0.1, 0.15) is 11.6 Å². The number of aromatic amines is 2. The SMILES string of the molecule is COc1cccc(C=Cc2[nH]c(=S)[nH]c(=O)c2C#N)c1OCC(=O)O. The zero-order valence-electron chi connectivity index (χ0n) is 13.0. The molecule has 0 radical (unpaired) electrons. The predicted octanol–water partition coefficient (Wildman–Crippen LogP) is 1.95. The number of carboxylic acid groups (broad SMARTS) is 1. The summed E-state index contributed by atoms with van der Waals surface area (Å²) in [5.41, 5.74) is 0.00647. The first-order valence-electron chi connectivity index (χ1n) is 6.92. The van der Waals surface area contributed by atoms with Crippen LogP contribution in [0, 0.1) is 16.1 Å². The van der Waals surface area contributed by atoms with Crippen LogP contribution in [-0.2, 0) is 4.79 Å². The Morgan fingerprint density at radius 3 is 2.80 bits per heavy atom. The van der Waals surface area contributed by atoms with Crippen LogP contribution in [0.3, 0.4) is 0 Å². The second-order valence-corrected chi connectivity index (χ2v) is 5.11. The Kier molecular flexibility index (Phi) is 5.71. The molecule has 0 saturated heterocycles. The van der Waals surface area contributed by atoms with Crippen LogP contribution in [0.1, 0.15) is 16.8 Å². The molecule has 1 aromatic carbocycles. The highest BCUT2D eigenvalue weighted by molar-refractivity contribution is 7.71. The minimum Gasteiger partial charge on any atom is -0.493 e. The van der Waals surface area contributed by atoms with E-state index in [1.807, 2.05) is 0 Å². The van der Waals surface area contributed by atoms with Crippen molar-refractivity contribution in [3.05, 3.63) is 50.1 Å². The smallest absolute Gasteiger partial charge is 0.341 e. The van der Waals surface area contributed by atoms with Gasteiger partial charge in [0, 0.05) is 5.56 Å². The largest absolute Gasteiger partial charge is 0.493 e. The minimum absolute atomic E-state index is 0.0802. The van der Waals surface area contributed by atoms with Gasteiger partial charge in [-0.3, -0.25) is 9.78 Å². The molecule has 1 heterocycles. The van der Waals surface area contributed by atoms with Gasteiger partial charge in [-0.2, -0.15) is 5.26 Å². The van der Waals surface area contributed by atoms with Crippen molar-refractivity contribution in [2.45, 2.75) is 0 Å². The summed E-state index contributed by atoms with van der Waals surface area (Å²) in [5.74, 6) is -0.556. The molecule has 0 amide bonds. The lowest BCUT2D eigenvalue weighted by Crippen LogP contribution is -2.13. The third-order valence-electron chi connectivity index (χ3n) is 3.08. The van der Waals surface area contributed by atoms with E-state index in [1.165, 1.54) is 13.2 Å². The van der Waals surface area contributed by atoms with E-state index in [4.69, 9.17) is 32.1 Å². The molecule has 2 rings (SSSR count). The van der Waals surface area contributed by atoms with Crippen LogP contribution < -0.4 is 15.0 Å². The number of nitriles is 1. The van der Waals surface area contributed by atoms with E-state index in [-0.39, 0.29) is 21.8 Å². The van der Waals surface area contributed by atoms with Gasteiger partial charge in [-0.1, -0.05) is 12.1 Å². The second-order valence-electron chi connectivity index (χ2n) is 4.70. The average Bonchev–Trinajstić information content (AvgIpc) is 2.57. The summed E-state index contributed by atoms with van der Waals surface area (Å²) < 4.78 is 10.5. The van der Waals surface area contributed by atoms with Crippen molar-refractivity contribution in [2.75, 3.05) is 13.7 Å². The van der Waals surface area contributed by atoms with Gasteiger partial charge in [0.05, 0.1) is 12.8 Å². The normalized spacial score (nSPS) is 10.4. The first kappa shape index (κ1) is 18.0. The van der Waals surface area contributed by atoms with Crippen LogP contribution in [0.2, 0.25) is 0 Å². The first-order valence-corrected chi connectivity index (χ1v) is 7.33. The molecule has 0 aliphatic rings. The van der Waals surface area contributed by atoms with Crippen molar-refractivity contribution in [1.29, 1.82) is 5.26 Å². The Morgan fingerprint density at radius 2 is 2.16 bits per heavy atom. The van der Waals surface area contributed by atoms with E-state index in [2.05, 4.69) is 9.97 Å². The van der Waals surface area contributed by atoms with Crippen LogP contribution in [0.15, 0.2) is 23.0 Å². The van der Waals surface area contributed by atoms with Gasteiger partial charge < -0.3 is 19.6 Å². The Balaban J connectivity index is 2.49. The summed E-state index contributed by atoms with van der Waals surface area (Å²) in [4.78, 5) is 27.5. The number of methoxy groups -OCH3 is 1. The Labute approximate surface area is 147 Å². The first-order chi connectivity index (χ1) is 12.0. The second kappa shape index (κ2) is 7.94. The highest BCUT2D eigenvalue weighted by atomic mass is 32.1. The maximum Gasteiger partial charge on any atom is 0.341 e. The maximum absolute atomic E-state index is 11.7. The van der Waals surface area contributed by atoms with E-state index in [0.29, 0.717) is 11.3 Å². The molecule has 0 saturated carbocycles. The van der Waals surface area contributed by atoms with Crippen LogP contribution in [-0.4, -0.2) is 34.8 Å². The van der Waals surface area contributed by atoms with E-state index in [9.17, 15) is 9.59 Å². The molecular formula is C16H13N3O5S. The fourth-order valence-electron chi connectivity index (χ4n) is 2.03. The highest BCUT2D eigenvalue weighted by Gasteiger charge is 2.11. The molecule has 0 aliphatic heterocycles. The Bertz CT molecular complexity index is 984. The summed E-state index contributed by atoms with van der Waals surface area (Å²) in [6, 6.07) is 6.78. The molecule has 0 aliphatic carbocycles. The molecule has 0 fully saturated rings. The van der Waals surface area contributed by atoms with Crippen molar-refractivity contribution in [3.63, 3.8) is 0 Å². The molecule has 128 valence electrons. The van der Waals surface area contributed by atoms with Gasteiger partial charge in [0.15, 0.2) is 22.9 Å². The van der Waals surface area contributed by atoms with Crippen molar-refractivity contribution in [2.24, 2.45) is 0 Å². The van der Waals surface area contributed by atoms with Gasteiger partial charge in [-0.25, -0.2) is 4.79 Å². The van der Waals surface area contributed by atoms with Crippen molar-refractivity contribution in [3.8, 4) is 17.6 Å². The molecular weight excluding hydrogens is 346 g/mol. The Hall–Kier alpha value is -3.38. The van der Waals surface area contributed by atoms with Crippen molar-refractivity contribution in [1.82, 2.24) is 9.97 Å². The molecule has 1 aromatic heterocycles. The number of benzene rings is 1. The van der Waals surface area contributed by atoms with E-state index < -0.39 is 18.1 Å². The van der Waals surface area contributed by atoms with Crippen molar-refractivity contribution >= 4 is 30.3 Å². The van der Waals surface area contributed by atoms with Gasteiger partial charge in [-0.05, 0) is 30.4 Å². The van der Waals surface area contributed by atoms with Crippen LogP contribution in [0.4, 0.5) is 0 Å². The summed E-state index contributed by atoms with van der Waals surface area (Å²) in [6.45, 7) is -0.544. The quantitative estimate of drug-likeness (QED) is 0.672. The molecule has 0 bridgehead atoms. The van der Waals surface area contributed by atoms with Crippen LogP contribution in [0.25, 0.3) is 12.2 Å². The van der Waals surface area contributed by atoms with Gasteiger partial charge in [0.2, 0.25) is 0 Å². The van der Waals surface area contributed by atoms with Crippen molar-refractivity contribution < 1.29 is 19.4 Å². The van der Waals surface area contributed by atoms with Gasteiger partial charge in [0.25, 0.3) is 5.56 Å². The standard InChI is InChI=1S/C16H13N3O5S/c1-23-12-4-2-3-9(14(12)24-8-13(20)21)5-6-11-10(7-17)15(22)19-16(25)18-11/h2-6H,8H2,1H3,(H,20,21)(H2,18,19,22,25). The number of ether oxygens (including phenoxy) is 2. The van der Waals surface area contributed by atoms with Crippen LogP contribution >= 0.6 is 12.2 Å². The van der Waals surface area contributed by atoms with E-state index in [1.54, 1.807) is 30.3 Å². The van der Waals surface area contributed by atoms with E-state index in [0.717, 1.165) is 0 Å². The molecule has 8 nitrogen and oxygen atoms in total. The number of rotatable bonds is 6. The third-order valence-corrected chi connectivity index (χ3v) is 3.29. The number of nitrogens with zero attached hydrogens (tertiary/aromatic N) is 1. The molecule has 25 heavy (non-hydrogen) atoms. The summed E-state index contributed by atoms with van der Waals surface area (Å²) >= 11 is 4.90. The predicted molar refractivity (Wildman–Crippen MR) is 92.0 cm³/mol. The number of aliphatic carboxylic acids is 1. The third kappa shape index (κ3) is 4.33. The number of carboxylic acids is 1. The molecule has 0 atom stereocenters. The number of carbonyl (C=O) groups is 1. The maximum atomic E-state index is 11.7. The monoisotopic (exact) mass is 359 g/mol. The minimum atomic E-state index is -1.13. The molecule has 9 heteroatoms. The number of para-hydroxylation sites is 1. The average molecular weight is 359 g/mol. The van der Waals surface area contributed by atoms with E-state index >= 15 is 0 Å². The summed E-state index contributed by atoms with van der Waals surface area (Å²) in [6.07, 6.45) is 3.03. The zero-order chi connectivity index (χ0) is 18.4. The lowest BCUT2D eigenvalue weighted by atomic mass is 10.1.